The van der Waals surface area contributed by atoms with Gasteiger partial charge in [0.15, 0.2) is 0 Å². The molecule has 98 valence electrons. The summed E-state index contributed by atoms with van der Waals surface area (Å²) < 4.78 is 32.8. The van der Waals surface area contributed by atoms with Crippen LogP contribution >= 0.6 is 0 Å². The molecule has 0 bridgehead atoms. The first-order chi connectivity index (χ1) is 8.47. The van der Waals surface area contributed by atoms with Gasteiger partial charge >= 0.3 is 0 Å². The van der Waals surface area contributed by atoms with Crippen LogP contribution in [-0.2, 0) is 10.0 Å². The van der Waals surface area contributed by atoms with Crippen molar-refractivity contribution >= 4 is 21.5 Å². The van der Waals surface area contributed by atoms with Crippen LogP contribution in [0.3, 0.4) is 0 Å². The molecule has 0 saturated heterocycles. The maximum absolute atomic E-state index is 12.0. The Morgan fingerprint density at radius 2 is 2.22 bits per heavy atom. The minimum absolute atomic E-state index is 0.120. The van der Waals surface area contributed by atoms with Gasteiger partial charge in [-0.1, -0.05) is 6.92 Å². The van der Waals surface area contributed by atoms with Gasteiger partial charge in [0.1, 0.15) is 16.5 Å². The predicted octanol–water partition coefficient (Wildman–Crippen LogP) is 0.803. The molecule has 0 amide bonds. The van der Waals surface area contributed by atoms with E-state index in [1.807, 2.05) is 6.92 Å². The second kappa shape index (κ2) is 4.58. The molecule has 1 unspecified atom stereocenters. The Morgan fingerprint density at radius 3 is 2.83 bits per heavy atom. The van der Waals surface area contributed by atoms with E-state index in [0.29, 0.717) is 23.8 Å². The monoisotopic (exact) mass is 269 g/mol. The quantitative estimate of drug-likeness (QED) is 0.846. The summed E-state index contributed by atoms with van der Waals surface area (Å²) in [6.07, 6.45) is 0. The summed E-state index contributed by atoms with van der Waals surface area (Å²) >= 11 is 0. The minimum atomic E-state index is -3.69. The number of hydrogen-bond acceptors (Lipinski definition) is 5. The Hall–Kier alpha value is -1.60. The lowest BCUT2D eigenvalue weighted by Gasteiger charge is -2.21. The first-order valence-electron chi connectivity index (χ1n) is 5.48. The number of anilines is 1. The second-order valence-corrected chi connectivity index (χ2v) is 5.65. The van der Waals surface area contributed by atoms with Crippen molar-refractivity contribution in [2.75, 3.05) is 19.0 Å². The molecule has 2 rings (SSSR count). The zero-order valence-electron chi connectivity index (χ0n) is 10.2. The molecule has 0 saturated carbocycles. The summed E-state index contributed by atoms with van der Waals surface area (Å²) in [5, 5.41) is 2.99. The van der Waals surface area contributed by atoms with Crippen LogP contribution in [0.25, 0.3) is 0 Å². The SMILES string of the molecule is COc1ccc2c(c1)S(=O)(=O)N=C(C(C)CN)N2. The van der Waals surface area contributed by atoms with Gasteiger partial charge < -0.3 is 15.8 Å². The highest BCUT2D eigenvalue weighted by atomic mass is 32.2. The summed E-state index contributed by atoms with van der Waals surface area (Å²) in [6.45, 7) is 2.14. The van der Waals surface area contributed by atoms with Crippen LogP contribution in [-0.4, -0.2) is 27.9 Å². The fourth-order valence-electron chi connectivity index (χ4n) is 1.61. The lowest BCUT2D eigenvalue weighted by atomic mass is 10.1. The van der Waals surface area contributed by atoms with Gasteiger partial charge in [-0.15, -0.1) is 4.40 Å². The molecule has 3 N–H and O–H groups in total. The minimum Gasteiger partial charge on any atom is -0.497 e. The predicted molar refractivity (Wildman–Crippen MR) is 69.5 cm³/mol. The molecular weight excluding hydrogens is 254 g/mol. The molecule has 1 aromatic rings. The third-order valence-corrected chi connectivity index (χ3v) is 4.10. The number of nitrogens with two attached hydrogens (primary N) is 1. The van der Waals surface area contributed by atoms with Gasteiger partial charge in [0.2, 0.25) is 0 Å². The molecule has 18 heavy (non-hydrogen) atoms. The van der Waals surface area contributed by atoms with E-state index in [1.165, 1.54) is 13.2 Å². The highest BCUT2D eigenvalue weighted by Gasteiger charge is 2.27. The van der Waals surface area contributed by atoms with Gasteiger partial charge in [-0.2, -0.15) is 8.42 Å². The van der Waals surface area contributed by atoms with E-state index >= 15 is 0 Å². The average Bonchev–Trinajstić information content (AvgIpc) is 2.36. The number of methoxy groups -OCH3 is 1. The van der Waals surface area contributed by atoms with E-state index in [9.17, 15) is 8.42 Å². The molecule has 0 radical (unpaired) electrons. The van der Waals surface area contributed by atoms with Crippen LogP contribution in [0, 0.1) is 5.92 Å². The van der Waals surface area contributed by atoms with Crippen molar-refractivity contribution < 1.29 is 13.2 Å². The zero-order chi connectivity index (χ0) is 13.3. The Balaban J connectivity index is 2.51. The van der Waals surface area contributed by atoms with Gasteiger partial charge in [0.25, 0.3) is 10.0 Å². The van der Waals surface area contributed by atoms with Gasteiger partial charge in [-0.25, -0.2) is 0 Å². The van der Waals surface area contributed by atoms with Crippen LogP contribution < -0.4 is 15.8 Å². The molecule has 0 spiro atoms. The van der Waals surface area contributed by atoms with Gasteiger partial charge in [-0.3, -0.25) is 0 Å². The number of nitrogens with zero attached hydrogens (tertiary/aromatic N) is 1. The number of rotatable bonds is 3. The maximum Gasteiger partial charge on any atom is 0.286 e. The van der Waals surface area contributed by atoms with Gasteiger partial charge in [0.05, 0.1) is 12.8 Å². The van der Waals surface area contributed by atoms with Crippen LogP contribution in [0.4, 0.5) is 5.69 Å². The molecule has 0 aromatic heterocycles. The second-order valence-electron chi connectivity index (χ2n) is 4.08. The molecule has 1 aromatic carbocycles. The molecule has 1 heterocycles. The number of sulfonamides is 1. The molecule has 1 aliphatic heterocycles. The molecule has 7 heteroatoms. The molecular formula is C11H15N3O3S. The van der Waals surface area contributed by atoms with E-state index in [-0.39, 0.29) is 10.8 Å². The van der Waals surface area contributed by atoms with Crippen LogP contribution in [0.5, 0.6) is 5.75 Å². The van der Waals surface area contributed by atoms with Crippen LogP contribution in [0.15, 0.2) is 27.5 Å². The number of ether oxygens (including phenoxy) is 1. The van der Waals surface area contributed by atoms with Crippen molar-refractivity contribution in [3.8, 4) is 5.75 Å². The van der Waals surface area contributed by atoms with Crippen LogP contribution in [0.2, 0.25) is 0 Å². The topological polar surface area (TPSA) is 93.8 Å². The Kier molecular flexibility index (Phi) is 3.27. The summed E-state index contributed by atoms with van der Waals surface area (Å²) in [5.74, 6) is 0.704. The smallest absolute Gasteiger partial charge is 0.286 e. The molecule has 0 aliphatic carbocycles. The highest BCUT2D eigenvalue weighted by molar-refractivity contribution is 7.90. The Labute approximate surface area is 106 Å². The third kappa shape index (κ3) is 2.19. The summed E-state index contributed by atoms with van der Waals surface area (Å²) in [4.78, 5) is 0.120. The van der Waals surface area contributed by atoms with Crippen molar-refractivity contribution in [2.24, 2.45) is 16.0 Å². The lowest BCUT2D eigenvalue weighted by Crippen LogP contribution is -2.31. The number of hydrogen-bond donors (Lipinski definition) is 2. The van der Waals surface area contributed by atoms with E-state index in [4.69, 9.17) is 10.5 Å². The van der Waals surface area contributed by atoms with E-state index in [2.05, 4.69) is 9.71 Å². The first kappa shape index (κ1) is 12.8. The molecule has 1 aliphatic rings. The largest absolute Gasteiger partial charge is 0.497 e. The lowest BCUT2D eigenvalue weighted by molar-refractivity contribution is 0.413. The summed E-state index contributed by atoms with van der Waals surface area (Å²) in [6, 6.07) is 4.80. The Bertz CT molecular complexity index is 596. The van der Waals surface area contributed by atoms with E-state index in [0.717, 1.165) is 0 Å². The molecule has 0 fully saturated rings. The number of benzene rings is 1. The Morgan fingerprint density at radius 1 is 1.50 bits per heavy atom. The van der Waals surface area contributed by atoms with E-state index in [1.54, 1.807) is 12.1 Å². The van der Waals surface area contributed by atoms with Gasteiger partial charge in [-0.05, 0) is 12.1 Å². The number of fused-ring (bicyclic) bond motifs is 1. The van der Waals surface area contributed by atoms with Crippen molar-refractivity contribution in [2.45, 2.75) is 11.8 Å². The van der Waals surface area contributed by atoms with Crippen LogP contribution in [0.1, 0.15) is 6.92 Å². The van der Waals surface area contributed by atoms with Gasteiger partial charge in [0, 0.05) is 18.5 Å². The fourth-order valence-corrected chi connectivity index (χ4v) is 2.86. The third-order valence-electron chi connectivity index (χ3n) is 2.77. The maximum atomic E-state index is 12.0. The average molecular weight is 269 g/mol. The van der Waals surface area contributed by atoms with Crippen molar-refractivity contribution in [3.63, 3.8) is 0 Å². The van der Waals surface area contributed by atoms with Crippen molar-refractivity contribution in [1.29, 1.82) is 0 Å². The standard InChI is InChI=1S/C11H15N3O3S/c1-7(6-12)11-13-9-4-3-8(17-2)5-10(9)18(15,16)14-11/h3-5,7H,6,12H2,1-2H3,(H,13,14). The molecule has 1 atom stereocenters. The first-order valence-corrected chi connectivity index (χ1v) is 6.92. The normalized spacial score (nSPS) is 18.3. The number of amidine groups is 1. The van der Waals surface area contributed by atoms with Crippen molar-refractivity contribution in [1.82, 2.24) is 0 Å². The molecule has 6 nitrogen and oxygen atoms in total. The summed E-state index contributed by atoms with van der Waals surface area (Å²) in [5.41, 5.74) is 6.02. The summed E-state index contributed by atoms with van der Waals surface area (Å²) in [7, 11) is -2.21. The fraction of sp³-hybridized carbons (Fsp3) is 0.364. The highest BCUT2D eigenvalue weighted by Crippen LogP contribution is 2.31. The number of nitrogens with one attached hydrogen (secondary N) is 1. The van der Waals surface area contributed by atoms with Crippen molar-refractivity contribution in [3.05, 3.63) is 18.2 Å². The van der Waals surface area contributed by atoms with E-state index < -0.39 is 10.0 Å². The zero-order valence-corrected chi connectivity index (χ0v) is 11.0.